The average molecular weight is 473 g/mol. The van der Waals surface area contributed by atoms with Gasteiger partial charge < -0.3 is 33.7 Å². The number of carbonyl (C=O) groups is 1. The van der Waals surface area contributed by atoms with E-state index in [4.69, 9.17) is 28.4 Å². The molecule has 1 amide bonds. The van der Waals surface area contributed by atoms with E-state index in [1.807, 2.05) is 25.1 Å². The maximum absolute atomic E-state index is 13.1. The van der Waals surface area contributed by atoms with Gasteiger partial charge >= 0.3 is 0 Å². The van der Waals surface area contributed by atoms with Gasteiger partial charge in [0.05, 0.1) is 40.1 Å². The van der Waals surface area contributed by atoms with Gasteiger partial charge in [-0.3, -0.25) is 9.69 Å². The first-order valence-corrected chi connectivity index (χ1v) is 11.5. The van der Waals surface area contributed by atoms with Crippen LogP contribution in [0.25, 0.3) is 0 Å². The summed E-state index contributed by atoms with van der Waals surface area (Å²) in [5.74, 6) is 2.66. The van der Waals surface area contributed by atoms with Gasteiger partial charge in [-0.15, -0.1) is 0 Å². The molecular weight excluding hydrogens is 440 g/mol. The minimum absolute atomic E-state index is 0.0588. The highest BCUT2D eigenvalue weighted by molar-refractivity contribution is 5.95. The van der Waals surface area contributed by atoms with Gasteiger partial charge in [0.1, 0.15) is 13.2 Å². The topological polar surface area (TPSA) is 87.7 Å². The zero-order valence-corrected chi connectivity index (χ0v) is 19.9. The van der Waals surface area contributed by atoms with Crippen LogP contribution in [-0.2, 0) is 4.74 Å². The van der Waals surface area contributed by atoms with Crippen molar-refractivity contribution in [1.82, 2.24) is 10.2 Å². The van der Waals surface area contributed by atoms with E-state index in [9.17, 15) is 4.79 Å². The molecule has 184 valence electrons. The SMILES string of the molecule is CCOc1ccc(C(CNC(=O)c2cc(OC)c3c(c2)OCCO3)N2CCOCC2)cc1OC. The minimum Gasteiger partial charge on any atom is -0.493 e. The van der Waals surface area contributed by atoms with Crippen LogP contribution in [0.15, 0.2) is 30.3 Å². The summed E-state index contributed by atoms with van der Waals surface area (Å²) < 4.78 is 33.5. The first kappa shape index (κ1) is 24.0. The molecule has 0 bridgehead atoms. The number of nitrogens with one attached hydrogen (secondary N) is 1. The number of hydrogen-bond acceptors (Lipinski definition) is 8. The normalized spacial score (nSPS) is 16.4. The summed E-state index contributed by atoms with van der Waals surface area (Å²) in [5.41, 5.74) is 1.48. The zero-order chi connectivity index (χ0) is 23.9. The molecule has 9 nitrogen and oxygen atoms in total. The molecule has 0 aromatic heterocycles. The molecule has 1 fully saturated rings. The third kappa shape index (κ3) is 5.31. The molecule has 1 saturated heterocycles. The second kappa shape index (κ2) is 11.3. The number of morpholine rings is 1. The lowest BCUT2D eigenvalue weighted by molar-refractivity contribution is 0.0162. The van der Waals surface area contributed by atoms with E-state index in [2.05, 4.69) is 10.2 Å². The largest absolute Gasteiger partial charge is 0.493 e. The molecule has 4 rings (SSSR count). The fourth-order valence-electron chi connectivity index (χ4n) is 4.21. The van der Waals surface area contributed by atoms with Crippen LogP contribution >= 0.6 is 0 Å². The fraction of sp³-hybridized carbons (Fsp3) is 0.480. The van der Waals surface area contributed by atoms with E-state index in [1.54, 1.807) is 26.4 Å². The Hall–Kier alpha value is -3.17. The fourth-order valence-corrected chi connectivity index (χ4v) is 4.21. The summed E-state index contributed by atoms with van der Waals surface area (Å²) in [4.78, 5) is 15.4. The minimum atomic E-state index is -0.216. The number of benzene rings is 2. The Morgan fingerprint density at radius 1 is 1.00 bits per heavy atom. The summed E-state index contributed by atoms with van der Waals surface area (Å²) >= 11 is 0. The van der Waals surface area contributed by atoms with Gasteiger partial charge in [0.2, 0.25) is 5.75 Å². The van der Waals surface area contributed by atoms with Crippen LogP contribution < -0.4 is 29.0 Å². The van der Waals surface area contributed by atoms with Crippen LogP contribution in [-0.4, -0.2) is 77.7 Å². The van der Waals surface area contributed by atoms with Gasteiger partial charge in [0.25, 0.3) is 5.91 Å². The first-order valence-electron chi connectivity index (χ1n) is 11.5. The number of hydrogen-bond donors (Lipinski definition) is 1. The van der Waals surface area contributed by atoms with E-state index in [0.29, 0.717) is 73.9 Å². The lowest BCUT2D eigenvalue weighted by atomic mass is 10.0. The number of methoxy groups -OCH3 is 2. The molecule has 2 aliphatic heterocycles. The van der Waals surface area contributed by atoms with Crippen LogP contribution in [0.3, 0.4) is 0 Å². The van der Waals surface area contributed by atoms with Crippen LogP contribution in [0, 0.1) is 0 Å². The van der Waals surface area contributed by atoms with Crippen molar-refractivity contribution in [2.45, 2.75) is 13.0 Å². The highest BCUT2D eigenvalue weighted by Gasteiger charge is 2.26. The molecule has 1 N–H and O–H groups in total. The number of ether oxygens (including phenoxy) is 6. The molecule has 9 heteroatoms. The molecule has 2 aromatic rings. The molecule has 2 aromatic carbocycles. The first-order chi connectivity index (χ1) is 16.6. The van der Waals surface area contributed by atoms with E-state index in [0.717, 1.165) is 18.7 Å². The molecule has 2 aliphatic rings. The van der Waals surface area contributed by atoms with Crippen molar-refractivity contribution in [3.8, 4) is 28.7 Å². The predicted octanol–water partition coefficient (Wildman–Crippen LogP) is 2.68. The van der Waals surface area contributed by atoms with Crippen LogP contribution in [0.1, 0.15) is 28.9 Å². The second-order valence-electron chi connectivity index (χ2n) is 7.92. The van der Waals surface area contributed by atoms with Crippen molar-refractivity contribution in [3.05, 3.63) is 41.5 Å². The van der Waals surface area contributed by atoms with Crippen LogP contribution in [0.2, 0.25) is 0 Å². The lowest BCUT2D eigenvalue weighted by Gasteiger charge is -2.35. The number of rotatable bonds is 9. The highest BCUT2D eigenvalue weighted by atomic mass is 16.6. The Morgan fingerprint density at radius 3 is 2.50 bits per heavy atom. The van der Waals surface area contributed by atoms with Crippen molar-refractivity contribution in [3.63, 3.8) is 0 Å². The third-order valence-corrected chi connectivity index (χ3v) is 5.90. The van der Waals surface area contributed by atoms with E-state index in [1.165, 1.54) is 0 Å². The quantitative estimate of drug-likeness (QED) is 0.596. The van der Waals surface area contributed by atoms with E-state index < -0.39 is 0 Å². The number of carbonyl (C=O) groups excluding carboxylic acids is 1. The summed E-state index contributed by atoms with van der Waals surface area (Å²) in [6.45, 7) is 6.62. The van der Waals surface area contributed by atoms with Crippen LogP contribution in [0.5, 0.6) is 28.7 Å². The molecule has 0 spiro atoms. The monoisotopic (exact) mass is 472 g/mol. The summed E-state index contributed by atoms with van der Waals surface area (Å²) in [6, 6.07) is 9.22. The van der Waals surface area contributed by atoms with Crippen LogP contribution in [0.4, 0.5) is 0 Å². The molecule has 0 saturated carbocycles. The molecular formula is C25H32N2O7. The van der Waals surface area contributed by atoms with Crippen molar-refractivity contribution in [1.29, 1.82) is 0 Å². The molecule has 1 atom stereocenters. The van der Waals surface area contributed by atoms with Gasteiger partial charge in [0, 0.05) is 25.2 Å². The van der Waals surface area contributed by atoms with Gasteiger partial charge in [0.15, 0.2) is 23.0 Å². The molecule has 2 heterocycles. The highest BCUT2D eigenvalue weighted by Crippen LogP contribution is 2.40. The lowest BCUT2D eigenvalue weighted by Crippen LogP contribution is -2.43. The Kier molecular flexibility index (Phi) is 7.97. The number of fused-ring (bicyclic) bond motifs is 1. The number of nitrogens with zero attached hydrogens (tertiary/aromatic N) is 1. The van der Waals surface area contributed by atoms with Crippen molar-refractivity contribution in [2.75, 3.05) is 66.9 Å². The Balaban J connectivity index is 1.55. The second-order valence-corrected chi connectivity index (χ2v) is 7.92. The third-order valence-electron chi connectivity index (χ3n) is 5.90. The molecule has 34 heavy (non-hydrogen) atoms. The van der Waals surface area contributed by atoms with Gasteiger partial charge in [-0.2, -0.15) is 0 Å². The predicted molar refractivity (Wildman–Crippen MR) is 126 cm³/mol. The smallest absolute Gasteiger partial charge is 0.251 e. The molecule has 1 unspecified atom stereocenters. The molecule has 0 radical (unpaired) electrons. The van der Waals surface area contributed by atoms with Gasteiger partial charge in [-0.05, 0) is 36.8 Å². The summed E-state index contributed by atoms with van der Waals surface area (Å²) in [7, 11) is 3.17. The van der Waals surface area contributed by atoms with Gasteiger partial charge in [-0.25, -0.2) is 0 Å². The Morgan fingerprint density at radius 2 is 1.76 bits per heavy atom. The van der Waals surface area contributed by atoms with E-state index >= 15 is 0 Å². The maximum Gasteiger partial charge on any atom is 0.251 e. The number of amides is 1. The summed E-state index contributed by atoms with van der Waals surface area (Å²) in [6.07, 6.45) is 0. The van der Waals surface area contributed by atoms with Gasteiger partial charge in [-0.1, -0.05) is 6.07 Å². The molecule has 0 aliphatic carbocycles. The Bertz CT molecular complexity index is 974. The van der Waals surface area contributed by atoms with Crippen molar-refractivity contribution >= 4 is 5.91 Å². The standard InChI is InChI=1S/C25H32N2O7/c1-4-32-20-6-5-17(13-21(20)29-2)19(27-7-9-31-10-8-27)16-26-25(28)18-14-22(30-3)24-23(15-18)33-11-12-34-24/h5-6,13-15,19H,4,7-12,16H2,1-3H3,(H,26,28). The zero-order valence-electron chi connectivity index (χ0n) is 19.9. The average Bonchev–Trinajstić information content (AvgIpc) is 2.89. The summed E-state index contributed by atoms with van der Waals surface area (Å²) in [5, 5.41) is 3.08. The Labute approximate surface area is 199 Å². The maximum atomic E-state index is 13.1. The van der Waals surface area contributed by atoms with Crippen molar-refractivity contribution < 1.29 is 33.2 Å². The van der Waals surface area contributed by atoms with E-state index in [-0.39, 0.29) is 11.9 Å². The van der Waals surface area contributed by atoms with Crippen molar-refractivity contribution in [2.24, 2.45) is 0 Å².